The quantitative estimate of drug-likeness (QED) is 0.914. The minimum absolute atomic E-state index is 0.167. The van der Waals surface area contributed by atoms with Crippen molar-refractivity contribution in [2.45, 2.75) is 26.7 Å². The van der Waals surface area contributed by atoms with Crippen molar-refractivity contribution in [1.29, 1.82) is 0 Å². The lowest BCUT2D eigenvalue weighted by Gasteiger charge is -2.14. The van der Waals surface area contributed by atoms with E-state index in [4.69, 9.17) is 26.2 Å². The highest BCUT2D eigenvalue weighted by molar-refractivity contribution is 6.32. The first-order valence-electron chi connectivity index (χ1n) is 5.87. The van der Waals surface area contributed by atoms with Gasteiger partial charge in [0.1, 0.15) is 0 Å². The second-order valence-electron chi connectivity index (χ2n) is 4.36. The van der Waals surface area contributed by atoms with Crippen LogP contribution >= 0.6 is 11.6 Å². The molecule has 18 heavy (non-hydrogen) atoms. The van der Waals surface area contributed by atoms with Crippen molar-refractivity contribution in [2.24, 2.45) is 5.92 Å². The van der Waals surface area contributed by atoms with Crippen LogP contribution in [-0.2, 0) is 17.6 Å². The fourth-order valence-electron chi connectivity index (χ4n) is 2.12. The summed E-state index contributed by atoms with van der Waals surface area (Å²) < 4.78 is 10.7. The Bertz CT molecular complexity index is 484. The van der Waals surface area contributed by atoms with Crippen LogP contribution in [0.1, 0.15) is 25.0 Å². The fourth-order valence-corrected chi connectivity index (χ4v) is 2.39. The van der Waals surface area contributed by atoms with Crippen molar-refractivity contribution in [3.05, 3.63) is 22.2 Å². The van der Waals surface area contributed by atoms with Gasteiger partial charge in [-0.15, -0.1) is 0 Å². The average Bonchev–Trinajstić information content (AvgIpc) is 2.78. The SMILES string of the molecule is CCc1c(CC(C)C(=O)O)cc(Cl)c2c1OCO2. The van der Waals surface area contributed by atoms with Gasteiger partial charge in [-0.3, -0.25) is 4.79 Å². The van der Waals surface area contributed by atoms with Gasteiger partial charge in [-0.2, -0.15) is 0 Å². The van der Waals surface area contributed by atoms with Crippen LogP contribution in [0.2, 0.25) is 5.02 Å². The molecule has 1 aliphatic heterocycles. The Hall–Kier alpha value is -1.42. The van der Waals surface area contributed by atoms with Crippen LogP contribution in [0.3, 0.4) is 0 Å². The number of hydrogen-bond donors (Lipinski definition) is 1. The summed E-state index contributed by atoms with van der Waals surface area (Å²) in [5.74, 6) is -0.0320. The maximum atomic E-state index is 10.9. The Morgan fingerprint density at radius 3 is 2.78 bits per heavy atom. The standard InChI is InChI=1S/C13H15ClO4/c1-3-9-8(4-7(2)13(15)16)5-10(14)12-11(9)17-6-18-12/h5,7H,3-4,6H2,1-2H3,(H,15,16). The van der Waals surface area contributed by atoms with Crippen LogP contribution in [0.25, 0.3) is 0 Å². The van der Waals surface area contributed by atoms with Crippen molar-refractivity contribution >= 4 is 17.6 Å². The van der Waals surface area contributed by atoms with Gasteiger partial charge in [-0.25, -0.2) is 0 Å². The molecule has 0 amide bonds. The molecule has 98 valence electrons. The number of halogens is 1. The normalized spacial score (nSPS) is 14.6. The number of rotatable bonds is 4. The van der Waals surface area contributed by atoms with Crippen molar-refractivity contribution < 1.29 is 19.4 Å². The molecule has 5 heteroatoms. The van der Waals surface area contributed by atoms with Gasteiger partial charge in [0, 0.05) is 5.56 Å². The second-order valence-corrected chi connectivity index (χ2v) is 4.77. The molecule has 2 rings (SSSR count). The summed E-state index contributed by atoms with van der Waals surface area (Å²) in [5, 5.41) is 9.46. The summed E-state index contributed by atoms with van der Waals surface area (Å²) in [6.45, 7) is 3.85. The third kappa shape index (κ3) is 2.25. The molecule has 0 spiro atoms. The van der Waals surface area contributed by atoms with Gasteiger partial charge in [0.2, 0.25) is 6.79 Å². The molecule has 1 N–H and O–H groups in total. The molecular weight excluding hydrogens is 256 g/mol. The van der Waals surface area contributed by atoms with E-state index in [9.17, 15) is 4.79 Å². The minimum Gasteiger partial charge on any atom is -0.481 e. The van der Waals surface area contributed by atoms with Gasteiger partial charge in [0.25, 0.3) is 0 Å². The van der Waals surface area contributed by atoms with Gasteiger partial charge < -0.3 is 14.6 Å². The molecule has 0 bridgehead atoms. The first-order chi connectivity index (χ1) is 8.54. The smallest absolute Gasteiger partial charge is 0.306 e. The van der Waals surface area contributed by atoms with E-state index in [0.717, 1.165) is 17.5 Å². The molecule has 1 heterocycles. The van der Waals surface area contributed by atoms with Gasteiger partial charge in [0.15, 0.2) is 11.5 Å². The number of carboxylic acids is 1. The maximum Gasteiger partial charge on any atom is 0.306 e. The molecule has 0 aromatic heterocycles. The van der Waals surface area contributed by atoms with E-state index < -0.39 is 11.9 Å². The third-order valence-corrected chi connectivity index (χ3v) is 3.37. The zero-order valence-electron chi connectivity index (χ0n) is 10.3. The fraction of sp³-hybridized carbons (Fsp3) is 0.462. The first-order valence-corrected chi connectivity index (χ1v) is 6.25. The number of carbonyl (C=O) groups is 1. The molecule has 0 saturated carbocycles. The molecule has 1 atom stereocenters. The molecule has 1 aromatic carbocycles. The summed E-state index contributed by atoms with van der Waals surface area (Å²) in [6.07, 6.45) is 1.19. The Morgan fingerprint density at radius 1 is 1.50 bits per heavy atom. The number of benzene rings is 1. The Labute approximate surface area is 110 Å². The Morgan fingerprint density at radius 2 is 2.17 bits per heavy atom. The van der Waals surface area contributed by atoms with Crippen molar-refractivity contribution in [1.82, 2.24) is 0 Å². The molecule has 4 nitrogen and oxygen atoms in total. The topological polar surface area (TPSA) is 55.8 Å². The average molecular weight is 271 g/mol. The molecule has 0 fully saturated rings. The molecule has 1 aliphatic rings. The minimum atomic E-state index is -0.814. The summed E-state index contributed by atoms with van der Waals surface area (Å²) in [4.78, 5) is 10.9. The number of hydrogen-bond acceptors (Lipinski definition) is 3. The summed E-state index contributed by atoms with van der Waals surface area (Å²) in [5.41, 5.74) is 1.90. The molecule has 0 saturated heterocycles. The van der Waals surface area contributed by atoms with Crippen LogP contribution in [0.4, 0.5) is 0 Å². The number of fused-ring (bicyclic) bond motifs is 1. The van der Waals surface area contributed by atoms with Crippen LogP contribution in [0.5, 0.6) is 11.5 Å². The maximum absolute atomic E-state index is 10.9. The van der Waals surface area contributed by atoms with Crippen molar-refractivity contribution in [3.63, 3.8) is 0 Å². The van der Waals surface area contributed by atoms with Crippen molar-refractivity contribution in [2.75, 3.05) is 6.79 Å². The Kier molecular flexibility index (Phi) is 3.66. The van der Waals surface area contributed by atoms with Gasteiger partial charge >= 0.3 is 5.97 Å². The number of ether oxygens (including phenoxy) is 2. The lowest BCUT2D eigenvalue weighted by molar-refractivity contribution is -0.141. The number of carboxylic acid groups (broad SMARTS) is 1. The second kappa shape index (κ2) is 5.06. The molecule has 0 aliphatic carbocycles. The first kappa shape index (κ1) is 13.0. The van der Waals surface area contributed by atoms with Gasteiger partial charge in [-0.05, 0) is 24.5 Å². The van der Waals surface area contributed by atoms with E-state index >= 15 is 0 Å². The molecule has 1 aromatic rings. The summed E-state index contributed by atoms with van der Waals surface area (Å²) in [6, 6.07) is 1.79. The predicted octanol–water partition coefficient (Wildman–Crippen LogP) is 2.89. The highest BCUT2D eigenvalue weighted by atomic mass is 35.5. The van der Waals surface area contributed by atoms with E-state index in [0.29, 0.717) is 22.9 Å². The lowest BCUT2D eigenvalue weighted by Crippen LogP contribution is -2.13. The zero-order chi connectivity index (χ0) is 13.3. The largest absolute Gasteiger partial charge is 0.481 e. The molecule has 1 unspecified atom stereocenters. The molecule has 0 radical (unpaired) electrons. The highest BCUT2D eigenvalue weighted by Gasteiger charge is 2.25. The highest BCUT2D eigenvalue weighted by Crippen LogP contribution is 2.44. The summed E-state index contributed by atoms with van der Waals surface area (Å²) in [7, 11) is 0. The monoisotopic (exact) mass is 270 g/mol. The van der Waals surface area contributed by atoms with Crippen LogP contribution in [0.15, 0.2) is 6.07 Å². The Balaban J connectivity index is 2.41. The van der Waals surface area contributed by atoms with Crippen LogP contribution in [0, 0.1) is 5.92 Å². The van der Waals surface area contributed by atoms with Crippen molar-refractivity contribution in [3.8, 4) is 11.5 Å². The molecular formula is C13H15ClO4. The van der Waals surface area contributed by atoms with Crippen LogP contribution in [-0.4, -0.2) is 17.9 Å². The van der Waals surface area contributed by atoms with E-state index in [2.05, 4.69) is 0 Å². The van der Waals surface area contributed by atoms with E-state index in [1.54, 1.807) is 13.0 Å². The lowest BCUT2D eigenvalue weighted by atomic mass is 9.94. The van der Waals surface area contributed by atoms with Crippen LogP contribution < -0.4 is 9.47 Å². The van der Waals surface area contributed by atoms with E-state index in [1.165, 1.54) is 0 Å². The van der Waals surface area contributed by atoms with Gasteiger partial charge in [-0.1, -0.05) is 25.4 Å². The third-order valence-electron chi connectivity index (χ3n) is 3.09. The summed E-state index contributed by atoms with van der Waals surface area (Å²) >= 11 is 6.11. The zero-order valence-corrected chi connectivity index (χ0v) is 11.1. The van der Waals surface area contributed by atoms with E-state index in [1.807, 2.05) is 6.92 Å². The number of aliphatic carboxylic acids is 1. The van der Waals surface area contributed by atoms with E-state index in [-0.39, 0.29) is 6.79 Å². The van der Waals surface area contributed by atoms with Gasteiger partial charge in [0.05, 0.1) is 10.9 Å². The predicted molar refractivity (Wildman–Crippen MR) is 67.5 cm³/mol.